The lowest BCUT2D eigenvalue weighted by atomic mass is 9.88. The Hall–Kier alpha value is -2.46. The van der Waals surface area contributed by atoms with Crippen LogP contribution in [0.25, 0.3) is 0 Å². The summed E-state index contributed by atoms with van der Waals surface area (Å²) in [6, 6.07) is 16.0. The molecule has 0 spiro atoms. The van der Waals surface area contributed by atoms with Gasteiger partial charge in [-0.05, 0) is 63.1 Å². The van der Waals surface area contributed by atoms with Gasteiger partial charge in [-0.2, -0.15) is 0 Å². The second-order valence-electron chi connectivity index (χ2n) is 8.18. The van der Waals surface area contributed by atoms with Crippen LogP contribution in [-0.4, -0.2) is 33.1 Å². The molecule has 1 aliphatic rings. The van der Waals surface area contributed by atoms with Gasteiger partial charge >= 0.3 is 0 Å². The fourth-order valence-corrected chi connectivity index (χ4v) is 4.23. The van der Waals surface area contributed by atoms with Crippen molar-refractivity contribution in [2.45, 2.75) is 51.9 Å². The number of nitrogens with one attached hydrogen (secondary N) is 1. The molecule has 0 bridgehead atoms. The van der Waals surface area contributed by atoms with Crippen molar-refractivity contribution in [2.24, 2.45) is 5.92 Å². The molecule has 0 radical (unpaired) electrons. The molecular weight excluding hydrogens is 432 g/mol. The van der Waals surface area contributed by atoms with Crippen LogP contribution < -0.4 is 14.5 Å². The lowest BCUT2D eigenvalue weighted by molar-refractivity contribution is -0.202. The number of benzene rings is 2. The van der Waals surface area contributed by atoms with Crippen LogP contribution in [0.5, 0.6) is 11.5 Å². The number of amides is 1. The van der Waals surface area contributed by atoms with Gasteiger partial charge in [0.05, 0.1) is 11.5 Å². The average Bonchev–Trinajstić information content (AvgIpc) is 2.79. The number of ether oxygens (including phenoxy) is 2. The zero-order chi connectivity index (χ0) is 23.1. The maximum absolute atomic E-state index is 12.7. The molecule has 9 heteroatoms. The Labute approximate surface area is 191 Å². The zero-order valence-corrected chi connectivity index (χ0v) is 19.3. The van der Waals surface area contributed by atoms with Crippen LogP contribution >= 0.6 is 0 Å². The smallest absolute Gasteiger partial charge is 0.248 e. The first-order chi connectivity index (χ1) is 15.3. The number of carbonyl (C=O) groups excluding carboxylic acids is 1. The molecule has 32 heavy (non-hydrogen) atoms. The summed E-state index contributed by atoms with van der Waals surface area (Å²) in [5.41, 5.74) is 1.77. The second kappa shape index (κ2) is 10.9. The summed E-state index contributed by atoms with van der Waals surface area (Å²) < 4.78 is 36.7. The minimum Gasteiger partial charge on any atom is -0.755 e. The fourth-order valence-electron chi connectivity index (χ4n) is 3.40. The Balaban J connectivity index is 1.69. The van der Waals surface area contributed by atoms with E-state index in [1.165, 1.54) is 4.31 Å². The number of para-hydroxylation sites is 1. The van der Waals surface area contributed by atoms with Gasteiger partial charge in [0.25, 0.3) is 0 Å². The van der Waals surface area contributed by atoms with Gasteiger partial charge < -0.3 is 14.0 Å². The van der Waals surface area contributed by atoms with E-state index in [-0.39, 0.29) is 0 Å². The van der Waals surface area contributed by atoms with Gasteiger partial charge in [0, 0.05) is 30.0 Å². The van der Waals surface area contributed by atoms with Gasteiger partial charge in [0.15, 0.2) is 6.29 Å². The summed E-state index contributed by atoms with van der Waals surface area (Å²) >= 11 is -2.62. The van der Waals surface area contributed by atoms with Crippen LogP contribution in [0.3, 0.4) is 0 Å². The van der Waals surface area contributed by atoms with Crippen molar-refractivity contribution in [3.63, 3.8) is 0 Å². The number of hydrogen-bond donors (Lipinski definition) is 1. The van der Waals surface area contributed by atoms with E-state index in [4.69, 9.17) is 14.3 Å². The van der Waals surface area contributed by atoms with E-state index in [2.05, 4.69) is 5.48 Å². The van der Waals surface area contributed by atoms with Crippen molar-refractivity contribution in [3.05, 3.63) is 54.6 Å². The number of hydrogen-bond acceptors (Lipinski definition) is 6. The molecule has 174 valence electrons. The molecule has 1 aliphatic heterocycles. The molecule has 0 saturated carbocycles. The SMILES string of the molecule is CC(C(=O)NOC1CCCCO1)C(C)(C)N(c1ccc(Oc2ccccc2)cc1)S(=O)[O-]. The van der Waals surface area contributed by atoms with E-state index in [9.17, 15) is 13.6 Å². The molecule has 1 amide bonds. The van der Waals surface area contributed by atoms with E-state index >= 15 is 0 Å². The highest BCUT2D eigenvalue weighted by atomic mass is 32.2. The van der Waals surface area contributed by atoms with Crippen LogP contribution in [0.15, 0.2) is 54.6 Å². The molecule has 8 nitrogen and oxygen atoms in total. The summed E-state index contributed by atoms with van der Waals surface area (Å²) in [7, 11) is 0. The highest BCUT2D eigenvalue weighted by molar-refractivity contribution is 7.80. The van der Waals surface area contributed by atoms with E-state index in [0.717, 1.165) is 12.8 Å². The predicted octanol–water partition coefficient (Wildman–Crippen LogP) is 4.07. The first kappa shape index (κ1) is 24.2. The van der Waals surface area contributed by atoms with Crippen molar-refractivity contribution in [1.29, 1.82) is 0 Å². The van der Waals surface area contributed by atoms with E-state index in [1.807, 2.05) is 30.3 Å². The monoisotopic (exact) mass is 461 g/mol. The van der Waals surface area contributed by atoms with E-state index in [0.29, 0.717) is 30.2 Å². The number of hydroxylamine groups is 1. The molecule has 1 saturated heterocycles. The Kier molecular flexibility index (Phi) is 8.25. The summed E-state index contributed by atoms with van der Waals surface area (Å²) in [5, 5.41) is 0. The number of rotatable bonds is 9. The molecule has 2 aromatic carbocycles. The van der Waals surface area contributed by atoms with Crippen LogP contribution in [0.2, 0.25) is 0 Å². The average molecular weight is 462 g/mol. The summed E-state index contributed by atoms with van der Waals surface area (Å²) in [5.74, 6) is 0.103. The van der Waals surface area contributed by atoms with Gasteiger partial charge in [-0.25, -0.2) is 10.3 Å². The van der Waals surface area contributed by atoms with Crippen molar-refractivity contribution in [2.75, 3.05) is 10.9 Å². The Bertz CT molecular complexity index is 900. The Morgan fingerprint density at radius 1 is 1.16 bits per heavy atom. The maximum Gasteiger partial charge on any atom is 0.248 e. The molecule has 3 atom stereocenters. The number of nitrogens with zero attached hydrogens (tertiary/aromatic N) is 1. The van der Waals surface area contributed by atoms with Gasteiger partial charge in [-0.1, -0.05) is 25.1 Å². The second-order valence-corrected chi connectivity index (χ2v) is 8.98. The maximum atomic E-state index is 12.7. The molecule has 0 aliphatic carbocycles. The largest absolute Gasteiger partial charge is 0.755 e. The topological polar surface area (TPSA) is 100 Å². The Morgan fingerprint density at radius 3 is 2.41 bits per heavy atom. The Morgan fingerprint density at radius 2 is 1.81 bits per heavy atom. The van der Waals surface area contributed by atoms with Crippen molar-refractivity contribution in [1.82, 2.24) is 5.48 Å². The fraction of sp³-hybridized carbons (Fsp3) is 0.435. The predicted molar refractivity (Wildman–Crippen MR) is 120 cm³/mol. The summed E-state index contributed by atoms with van der Waals surface area (Å²) in [4.78, 5) is 18.1. The molecule has 3 rings (SSSR count). The van der Waals surface area contributed by atoms with Crippen molar-refractivity contribution >= 4 is 22.9 Å². The van der Waals surface area contributed by atoms with Crippen LogP contribution in [0.1, 0.15) is 40.0 Å². The lowest BCUT2D eigenvalue weighted by Gasteiger charge is -2.44. The first-order valence-corrected chi connectivity index (χ1v) is 11.6. The molecular formula is C23H29N2O6S-. The molecule has 1 fully saturated rings. The molecule has 3 unspecified atom stereocenters. The highest BCUT2D eigenvalue weighted by Crippen LogP contribution is 2.33. The minimum absolute atomic E-state index is 0.417. The van der Waals surface area contributed by atoms with Gasteiger partial charge in [0.2, 0.25) is 5.91 Å². The number of carbonyl (C=O) groups is 1. The summed E-state index contributed by atoms with van der Waals surface area (Å²) in [6.07, 6.45) is 2.15. The normalized spacial score (nSPS) is 18.4. The lowest BCUT2D eigenvalue weighted by Crippen LogP contribution is -2.54. The third-order valence-electron chi connectivity index (χ3n) is 5.60. The van der Waals surface area contributed by atoms with Crippen LogP contribution in [0.4, 0.5) is 5.69 Å². The van der Waals surface area contributed by atoms with E-state index in [1.54, 1.807) is 45.0 Å². The third-order valence-corrected chi connectivity index (χ3v) is 6.58. The molecule has 1 N–H and O–H groups in total. The zero-order valence-electron chi connectivity index (χ0n) is 18.5. The van der Waals surface area contributed by atoms with Crippen molar-refractivity contribution < 1.29 is 27.9 Å². The summed E-state index contributed by atoms with van der Waals surface area (Å²) in [6.45, 7) is 5.64. The van der Waals surface area contributed by atoms with E-state index < -0.39 is 34.9 Å². The van der Waals surface area contributed by atoms with Crippen molar-refractivity contribution in [3.8, 4) is 11.5 Å². The van der Waals surface area contributed by atoms with Crippen LogP contribution in [0, 0.1) is 5.92 Å². The molecule has 0 aromatic heterocycles. The molecule has 2 aromatic rings. The van der Waals surface area contributed by atoms with Crippen LogP contribution in [-0.2, 0) is 25.6 Å². The number of anilines is 1. The highest BCUT2D eigenvalue weighted by Gasteiger charge is 2.38. The third kappa shape index (κ3) is 6.07. The quantitative estimate of drug-likeness (QED) is 0.446. The standard InChI is InChI=1S/C23H30N2O6S/c1-17(22(26)24-31-21-11-7-8-16-29-21)23(2,3)25(32(27)28)18-12-14-20(15-13-18)30-19-9-5-4-6-10-19/h4-6,9-10,12-15,17,21H,7-8,11,16H2,1-3H3,(H,24,26)(H,27,28)/p-1. The van der Waals surface area contributed by atoms with Gasteiger partial charge in [-0.15, -0.1) is 0 Å². The minimum atomic E-state index is -2.62. The van der Waals surface area contributed by atoms with Gasteiger partial charge in [0.1, 0.15) is 11.5 Å². The first-order valence-electron chi connectivity index (χ1n) is 10.6. The van der Waals surface area contributed by atoms with Gasteiger partial charge in [-0.3, -0.25) is 13.3 Å². The molecule has 1 heterocycles.